The summed E-state index contributed by atoms with van der Waals surface area (Å²) in [6.07, 6.45) is 2.21. The summed E-state index contributed by atoms with van der Waals surface area (Å²) in [5.74, 6) is 0.381. The molecule has 0 spiro atoms. The molecular formula is C15H23NO3S. The number of amides is 1. The van der Waals surface area contributed by atoms with E-state index in [0.29, 0.717) is 18.8 Å². The van der Waals surface area contributed by atoms with Crippen LogP contribution in [-0.2, 0) is 21.1 Å². The molecule has 1 aromatic carbocycles. The number of nitrogens with one attached hydrogen (secondary N) is 1. The number of rotatable bonds is 7. The van der Waals surface area contributed by atoms with Gasteiger partial charge in [-0.2, -0.15) is 0 Å². The Hall–Kier alpha value is -1.36. The van der Waals surface area contributed by atoms with Gasteiger partial charge >= 0.3 is 0 Å². The SMILES string of the molecule is CC(C)c1ccc(CCC(=O)NCCS(C)(=O)=O)cc1. The maximum Gasteiger partial charge on any atom is 0.220 e. The second-order valence-corrected chi connectivity index (χ2v) is 7.64. The molecule has 0 radical (unpaired) electrons. The van der Waals surface area contributed by atoms with Crippen molar-refractivity contribution in [1.82, 2.24) is 5.32 Å². The van der Waals surface area contributed by atoms with E-state index in [9.17, 15) is 13.2 Å². The minimum Gasteiger partial charge on any atom is -0.355 e. The van der Waals surface area contributed by atoms with Gasteiger partial charge < -0.3 is 5.32 Å². The minimum absolute atomic E-state index is 0.0121. The molecule has 0 saturated heterocycles. The highest BCUT2D eigenvalue weighted by Crippen LogP contribution is 2.15. The van der Waals surface area contributed by atoms with Gasteiger partial charge in [0.25, 0.3) is 0 Å². The average molecular weight is 297 g/mol. The Bertz CT molecular complexity index is 533. The Morgan fingerprint density at radius 2 is 1.80 bits per heavy atom. The zero-order valence-corrected chi connectivity index (χ0v) is 13.2. The predicted molar refractivity (Wildman–Crippen MR) is 81.6 cm³/mol. The van der Waals surface area contributed by atoms with Crippen LogP contribution in [0, 0.1) is 0 Å². The van der Waals surface area contributed by atoms with E-state index in [1.807, 2.05) is 12.1 Å². The van der Waals surface area contributed by atoms with Gasteiger partial charge in [0.1, 0.15) is 9.84 Å². The average Bonchev–Trinajstić information content (AvgIpc) is 2.35. The molecule has 1 aromatic rings. The first kappa shape index (κ1) is 16.7. The number of sulfone groups is 1. The van der Waals surface area contributed by atoms with Crippen LogP contribution >= 0.6 is 0 Å². The molecule has 4 nitrogen and oxygen atoms in total. The molecule has 0 aliphatic carbocycles. The maximum absolute atomic E-state index is 11.6. The summed E-state index contributed by atoms with van der Waals surface area (Å²) in [7, 11) is -3.01. The fraction of sp³-hybridized carbons (Fsp3) is 0.533. The van der Waals surface area contributed by atoms with Gasteiger partial charge in [0, 0.05) is 19.2 Å². The molecule has 0 atom stereocenters. The summed E-state index contributed by atoms with van der Waals surface area (Å²) < 4.78 is 21.9. The van der Waals surface area contributed by atoms with Crippen molar-refractivity contribution in [2.75, 3.05) is 18.6 Å². The summed E-state index contributed by atoms with van der Waals surface area (Å²) >= 11 is 0. The number of carbonyl (C=O) groups excluding carboxylic acids is 1. The van der Waals surface area contributed by atoms with Crippen LogP contribution in [0.15, 0.2) is 24.3 Å². The monoisotopic (exact) mass is 297 g/mol. The largest absolute Gasteiger partial charge is 0.355 e. The van der Waals surface area contributed by atoms with Crippen LogP contribution in [-0.4, -0.2) is 32.9 Å². The van der Waals surface area contributed by atoms with Crippen molar-refractivity contribution in [3.05, 3.63) is 35.4 Å². The standard InChI is InChI=1S/C15H23NO3S/c1-12(2)14-7-4-13(5-8-14)6-9-15(17)16-10-11-20(3,18)19/h4-5,7-8,12H,6,9-11H2,1-3H3,(H,16,17). The first-order valence-electron chi connectivity index (χ1n) is 6.81. The maximum atomic E-state index is 11.6. The van der Waals surface area contributed by atoms with Crippen LogP contribution in [0.2, 0.25) is 0 Å². The Labute approximate surface area is 121 Å². The third-order valence-corrected chi connectivity index (χ3v) is 4.03. The van der Waals surface area contributed by atoms with E-state index in [1.165, 1.54) is 5.56 Å². The molecule has 0 saturated carbocycles. The Balaban J connectivity index is 2.34. The van der Waals surface area contributed by atoms with Crippen LogP contribution in [0.4, 0.5) is 0 Å². The molecule has 0 aromatic heterocycles. The number of carbonyl (C=O) groups is 1. The normalized spacial score (nSPS) is 11.6. The fourth-order valence-corrected chi connectivity index (χ4v) is 2.26. The minimum atomic E-state index is -3.01. The van der Waals surface area contributed by atoms with Crippen LogP contribution in [0.25, 0.3) is 0 Å². The lowest BCUT2D eigenvalue weighted by Crippen LogP contribution is -2.28. The topological polar surface area (TPSA) is 63.2 Å². The zero-order valence-electron chi connectivity index (χ0n) is 12.3. The smallest absolute Gasteiger partial charge is 0.220 e. The second-order valence-electron chi connectivity index (χ2n) is 5.38. The lowest BCUT2D eigenvalue weighted by atomic mass is 10.0. The van der Waals surface area contributed by atoms with Gasteiger partial charge in [-0.3, -0.25) is 4.79 Å². The quantitative estimate of drug-likeness (QED) is 0.836. The number of aryl methyl sites for hydroxylation is 1. The molecule has 112 valence electrons. The van der Waals surface area contributed by atoms with Crippen molar-refractivity contribution >= 4 is 15.7 Å². The highest BCUT2D eigenvalue weighted by atomic mass is 32.2. The van der Waals surface area contributed by atoms with Crippen molar-refractivity contribution < 1.29 is 13.2 Å². The van der Waals surface area contributed by atoms with Crippen LogP contribution in [0.5, 0.6) is 0 Å². The van der Waals surface area contributed by atoms with Gasteiger partial charge in [0.15, 0.2) is 0 Å². The fourth-order valence-electron chi connectivity index (χ4n) is 1.79. The van der Waals surface area contributed by atoms with Crippen LogP contribution in [0.3, 0.4) is 0 Å². The van der Waals surface area contributed by atoms with Crippen molar-refractivity contribution in [3.8, 4) is 0 Å². The molecule has 1 amide bonds. The lowest BCUT2D eigenvalue weighted by Gasteiger charge is -2.07. The van der Waals surface area contributed by atoms with E-state index in [4.69, 9.17) is 0 Å². The first-order chi connectivity index (χ1) is 9.28. The molecule has 5 heteroatoms. The van der Waals surface area contributed by atoms with Crippen LogP contribution < -0.4 is 5.32 Å². The summed E-state index contributed by atoms with van der Waals surface area (Å²) in [5.41, 5.74) is 2.40. The van der Waals surface area contributed by atoms with E-state index in [2.05, 4.69) is 31.3 Å². The van der Waals surface area contributed by atoms with E-state index >= 15 is 0 Å². The molecule has 1 N–H and O–H groups in total. The molecular weight excluding hydrogens is 274 g/mol. The number of hydrogen-bond donors (Lipinski definition) is 1. The zero-order chi connectivity index (χ0) is 15.2. The van der Waals surface area contributed by atoms with Gasteiger partial charge in [-0.1, -0.05) is 38.1 Å². The highest BCUT2D eigenvalue weighted by Gasteiger charge is 2.06. The Morgan fingerprint density at radius 3 is 2.30 bits per heavy atom. The first-order valence-corrected chi connectivity index (χ1v) is 8.87. The third-order valence-electron chi connectivity index (χ3n) is 3.08. The van der Waals surface area contributed by atoms with Gasteiger partial charge in [0.2, 0.25) is 5.91 Å². The van der Waals surface area contributed by atoms with E-state index in [-0.39, 0.29) is 18.2 Å². The summed E-state index contributed by atoms with van der Waals surface area (Å²) in [6.45, 7) is 4.47. The number of hydrogen-bond acceptors (Lipinski definition) is 3. The number of benzene rings is 1. The van der Waals surface area contributed by atoms with E-state index < -0.39 is 9.84 Å². The summed E-state index contributed by atoms with van der Waals surface area (Å²) in [6, 6.07) is 8.25. The van der Waals surface area contributed by atoms with E-state index in [1.54, 1.807) is 0 Å². The molecule has 0 bridgehead atoms. The van der Waals surface area contributed by atoms with E-state index in [0.717, 1.165) is 11.8 Å². The van der Waals surface area contributed by atoms with Crippen molar-refractivity contribution in [1.29, 1.82) is 0 Å². The second kappa shape index (κ2) is 7.43. The summed E-state index contributed by atoms with van der Waals surface area (Å²) in [4.78, 5) is 11.6. The van der Waals surface area contributed by atoms with Crippen molar-refractivity contribution in [3.63, 3.8) is 0 Å². The molecule has 20 heavy (non-hydrogen) atoms. The van der Waals surface area contributed by atoms with Gasteiger partial charge in [-0.15, -0.1) is 0 Å². The van der Waals surface area contributed by atoms with Crippen molar-refractivity contribution in [2.24, 2.45) is 0 Å². The third kappa shape index (κ3) is 6.70. The Morgan fingerprint density at radius 1 is 1.20 bits per heavy atom. The van der Waals surface area contributed by atoms with Gasteiger partial charge in [-0.05, 0) is 23.5 Å². The molecule has 0 aliphatic rings. The molecule has 0 heterocycles. The Kier molecular flexibility index (Phi) is 6.20. The molecule has 0 unspecified atom stereocenters. The van der Waals surface area contributed by atoms with Gasteiger partial charge in [0.05, 0.1) is 5.75 Å². The lowest BCUT2D eigenvalue weighted by molar-refractivity contribution is -0.120. The van der Waals surface area contributed by atoms with Crippen molar-refractivity contribution in [2.45, 2.75) is 32.6 Å². The molecule has 0 aliphatic heterocycles. The van der Waals surface area contributed by atoms with Crippen LogP contribution in [0.1, 0.15) is 37.3 Å². The highest BCUT2D eigenvalue weighted by molar-refractivity contribution is 7.90. The van der Waals surface area contributed by atoms with Gasteiger partial charge in [-0.25, -0.2) is 8.42 Å². The molecule has 1 rings (SSSR count). The predicted octanol–water partition coefficient (Wildman–Crippen LogP) is 1.90. The molecule has 0 fully saturated rings. The summed E-state index contributed by atoms with van der Waals surface area (Å²) in [5, 5.41) is 2.62.